The van der Waals surface area contributed by atoms with Crippen molar-refractivity contribution in [3.63, 3.8) is 0 Å². The quantitative estimate of drug-likeness (QED) is 0.343. The Hall–Kier alpha value is 0.159. The number of hydrogen-bond acceptors (Lipinski definition) is 5. The van der Waals surface area contributed by atoms with E-state index >= 15 is 0 Å². The van der Waals surface area contributed by atoms with Crippen molar-refractivity contribution in [1.29, 1.82) is 0 Å². The molecule has 2 unspecified atom stereocenters. The van der Waals surface area contributed by atoms with Crippen LogP contribution in [0.25, 0.3) is 0 Å². The summed E-state index contributed by atoms with van der Waals surface area (Å²) < 4.78 is 24.9. The molecule has 2 aromatic rings. The topological polar surface area (TPSA) is 89.5 Å². The minimum atomic E-state index is -3.51. The summed E-state index contributed by atoms with van der Waals surface area (Å²) in [6, 6.07) is 18.0. The van der Waals surface area contributed by atoms with E-state index in [0.717, 1.165) is 0 Å². The van der Waals surface area contributed by atoms with Gasteiger partial charge in [-0.3, -0.25) is 4.31 Å². The molecule has 0 saturated carbocycles. The van der Waals surface area contributed by atoms with E-state index in [9.17, 15) is 18.9 Å². The Morgan fingerprint density at radius 1 is 0.840 bits per heavy atom. The van der Waals surface area contributed by atoms with Gasteiger partial charge in [-0.05, 0) is 0 Å². The molecule has 2 aromatic carbocycles. The molecule has 0 radical (unpaired) electrons. The Labute approximate surface area is 169 Å². The zero-order valence-electron chi connectivity index (χ0n) is 13.6. The summed E-state index contributed by atoms with van der Waals surface area (Å²) in [5.74, 6) is 0. The van der Waals surface area contributed by atoms with E-state index in [4.69, 9.17) is 23.2 Å². The molecule has 2 atom stereocenters. The minimum Gasteiger partial charge on any atom is -0.781 e. The maximum Gasteiger partial charge on any atom is 0.128 e. The van der Waals surface area contributed by atoms with Crippen LogP contribution in [0.4, 0.5) is 0 Å². The van der Waals surface area contributed by atoms with Crippen LogP contribution in [-0.2, 0) is 13.4 Å². The Morgan fingerprint density at radius 2 is 1.12 bits per heavy atom. The minimum absolute atomic E-state index is 0.194. The summed E-state index contributed by atoms with van der Waals surface area (Å²) in [7, 11) is -7.03. The van der Waals surface area contributed by atoms with Gasteiger partial charge >= 0.3 is 102 Å². The summed E-state index contributed by atoms with van der Waals surface area (Å²) in [6.07, 6.45) is 0. The van der Waals surface area contributed by atoms with Crippen LogP contribution in [0.2, 0.25) is 0 Å². The molecule has 0 heterocycles. The van der Waals surface area contributed by atoms with E-state index in [1.807, 2.05) is 0 Å². The van der Waals surface area contributed by atoms with Crippen LogP contribution in [0.15, 0.2) is 48.5 Å². The zero-order chi connectivity index (χ0) is 19.2. The van der Waals surface area contributed by atoms with Gasteiger partial charge in [-0.25, -0.2) is 0 Å². The Balaban J connectivity index is 0.000000486. The molecule has 10 heteroatoms. The van der Waals surface area contributed by atoms with Gasteiger partial charge in [-0.2, -0.15) is 0 Å². The molecule has 0 N–H and O–H groups in total. The third-order valence-corrected chi connectivity index (χ3v) is 7.44. The van der Waals surface area contributed by atoms with Crippen LogP contribution in [0.5, 0.6) is 0 Å². The molecule has 2 rings (SSSR count). The fourth-order valence-corrected chi connectivity index (χ4v) is 4.91. The number of halogens is 2. The van der Waals surface area contributed by atoms with Gasteiger partial charge in [0.25, 0.3) is 0 Å². The fourth-order valence-electron chi connectivity index (χ4n) is 1.51. The van der Waals surface area contributed by atoms with E-state index in [2.05, 4.69) is 66.7 Å². The molecule has 0 spiro atoms. The van der Waals surface area contributed by atoms with Gasteiger partial charge in [0.05, 0.1) is 5.34 Å². The summed E-state index contributed by atoms with van der Waals surface area (Å²) in [5, 5.41) is 0.194. The molecule has 0 amide bonds. The molecule has 5 nitrogen and oxygen atoms in total. The van der Waals surface area contributed by atoms with Crippen LogP contribution >= 0.6 is 39.7 Å². The molecule has 0 fully saturated rings. The maximum absolute atomic E-state index is 9.29. The Morgan fingerprint density at radius 3 is 1.32 bits per heavy atom. The predicted molar refractivity (Wildman–Crippen MR) is 103 cm³/mol. The molecule has 0 aliphatic rings. The normalized spacial score (nSPS) is 11.8. The molecule has 0 bridgehead atoms. The van der Waals surface area contributed by atoms with Gasteiger partial charge in [0.1, 0.15) is 16.5 Å². The van der Waals surface area contributed by atoms with Gasteiger partial charge in [0, 0.05) is 0 Å². The average Bonchev–Trinajstić information content (AvgIpc) is 2.52. The molecular formula is C15H18Cl2O5P2Sn. The summed E-state index contributed by atoms with van der Waals surface area (Å²) >= 11 is 8.97. The van der Waals surface area contributed by atoms with E-state index in [0.29, 0.717) is 0 Å². The summed E-state index contributed by atoms with van der Waals surface area (Å²) in [6.45, 7) is 4.28. The van der Waals surface area contributed by atoms with Crippen molar-refractivity contribution in [2.75, 3.05) is 5.34 Å². The van der Waals surface area contributed by atoms with Crippen molar-refractivity contribution < 1.29 is 23.2 Å². The second-order valence-electron chi connectivity index (χ2n) is 4.56. The van der Waals surface area contributed by atoms with Gasteiger partial charge in [0.15, 0.2) is 0 Å². The first kappa shape index (κ1) is 25.2. The Kier molecular flexibility index (Phi) is 15.3. The first-order valence-electron chi connectivity index (χ1n) is 6.90. The van der Waals surface area contributed by atoms with Crippen LogP contribution in [0, 0.1) is 13.8 Å². The zero-order valence-corrected chi connectivity index (χ0v) is 20.0. The maximum atomic E-state index is 9.29. The van der Waals surface area contributed by atoms with E-state index < -0.39 is 37.7 Å². The Bertz CT molecular complexity index is 598. The molecule has 0 saturated heterocycles. The summed E-state index contributed by atoms with van der Waals surface area (Å²) in [5.41, 5.74) is 2.70. The first-order chi connectivity index (χ1) is 11.8. The van der Waals surface area contributed by atoms with E-state index in [1.54, 1.807) is 7.16 Å². The van der Waals surface area contributed by atoms with Crippen LogP contribution < -0.4 is 16.9 Å². The van der Waals surface area contributed by atoms with Crippen LogP contribution in [0.1, 0.15) is 11.1 Å². The third-order valence-electron chi connectivity index (χ3n) is 2.56. The second-order valence-corrected chi connectivity index (χ2v) is 11.2. The number of hydrogen-bond donors (Lipinski definition) is 0. The first-order valence-corrected chi connectivity index (χ1v) is 13.3. The van der Waals surface area contributed by atoms with Crippen molar-refractivity contribution in [2.45, 2.75) is 13.8 Å². The SMILES string of the molecule is Cc1cc[c]([Sn+2][c]2ccc(C)cc2)cc1.ClCCl.O=[PH]([O-])O[PH](=O)[O-]. The van der Waals surface area contributed by atoms with Crippen molar-refractivity contribution in [1.82, 2.24) is 0 Å². The number of benzene rings is 2. The predicted octanol–water partition coefficient (Wildman–Crippen LogP) is 1.88. The summed E-state index contributed by atoms with van der Waals surface area (Å²) in [4.78, 5) is 18.6. The average molecular weight is 530 g/mol. The molecular weight excluding hydrogens is 512 g/mol. The number of alkyl halides is 2. The van der Waals surface area contributed by atoms with Gasteiger partial charge < -0.3 is 18.9 Å². The van der Waals surface area contributed by atoms with Gasteiger partial charge in [-0.1, -0.05) is 0 Å². The second kappa shape index (κ2) is 15.2. The van der Waals surface area contributed by atoms with E-state index in [1.165, 1.54) is 11.1 Å². The molecule has 0 aromatic heterocycles. The number of rotatable bonds is 4. The molecule has 0 aliphatic heterocycles. The van der Waals surface area contributed by atoms with Crippen molar-refractivity contribution in [2.24, 2.45) is 0 Å². The van der Waals surface area contributed by atoms with Gasteiger partial charge in [0.2, 0.25) is 0 Å². The van der Waals surface area contributed by atoms with Crippen LogP contribution in [-0.4, -0.2) is 26.5 Å². The molecule has 0 aliphatic carbocycles. The fraction of sp³-hybridized carbons (Fsp3) is 0.200. The molecule has 136 valence electrons. The van der Waals surface area contributed by atoms with Crippen molar-refractivity contribution >= 4 is 68.0 Å². The van der Waals surface area contributed by atoms with E-state index in [-0.39, 0.29) is 5.34 Å². The largest absolute Gasteiger partial charge is 0.781 e. The smallest absolute Gasteiger partial charge is 0.128 e. The van der Waals surface area contributed by atoms with Crippen LogP contribution in [0.3, 0.4) is 0 Å². The van der Waals surface area contributed by atoms with Crippen molar-refractivity contribution in [3.05, 3.63) is 59.7 Å². The third kappa shape index (κ3) is 15.0. The monoisotopic (exact) mass is 530 g/mol. The molecule has 25 heavy (non-hydrogen) atoms. The van der Waals surface area contributed by atoms with Gasteiger partial charge in [-0.15, -0.1) is 23.2 Å². The number of aryl methyl sites for hydroxylation is 2. The standard InChI is InChI=1S/2C7H7.CH2Cl2.H4O5P2.Sn/c2*1-7-5-3-2-4-6-7;2-1-3;1-6(2)5-7(3)4;/h2*3-6H,1H3;1H2;6-7H,(H,1,2)(H,3,4);/q;;;;+2/p-2. The van der Waals surface area contributed by atoms with Crippen molar-refractivity contribution in [3.8, 4) is 0 Å².